The molecule has 1 heterocycles. The van der Waals surface area contributed by atoms with Gasteiger partial charge in [-0.1, -0.05) is 18.2 Å². The van der Waals surface area contributed by atoms with Crippen molar-refractivity contribution in [2.75, 3.05) is 0 Å². The van der Waals surface area contributed by atoms with Gasteiger partial charge in [0.1, 0.15) is 11.3 Å². The third kappa shape index (κ3) is 2.69. The summed E-state index contributed by atoms with van der Waals surface area (Å²) in [7, 11) is 0. The maximum Gasteiger partial charge on any atom is 0.197 e. The van der Waals surface area contributed by atoms with E-state index in [4.69, 9.17) is 10.2 Å². The van der Waals surface area contributed by atoms with Gasteiger partial charge in [-0.3, -0.25) is 0 Å². The zero-order valence-corrected chi connectivity index (χ0v) is 12.7. The number of para-hydroxylation sites is 2. The molecule has 0 aliphatic rings. The van der Waals surface area contributed by atoms with Crippen molar-refractivity contribution in [3.63, 3.8) is 0 Å². The molecule has 2 N–H and O–H groups in total. The summed E-state index contributed by atoms with van der Waals surface area (Å²) < 4.78 is 19.6. The molecule has 1 aromatic heterocycles. The maximum atomic E-state index is 13.1. The van der Waals surface area contributed by atoms with E-state index in [9.17, 15) is 4.39 Å². The summed E-state index contributed by atoms with van der Waals surface area (Å²) in [5.74, 6) is 0.339. The van der Waals surface area contributed by atoms with Crippen LogP contribution in [0, 0.1) is 9.39 Å². The largest absolute Gasteiger partial charge is 0.441 e. The maximum absolute atomic E-state index is 13.1. The molecule has 102 valence electrons. The fourth-order valence-electron chi connectivity index (χ4n) is 2.11. The van der Waals surface area contributed by atoms with Crippen molar-refractivity contribution in [2.45, 2.75) is 12.5 Å². The van der Waals surface area contributed by atoms with E-state index in [2.05, 4.69) is 27.6 Å². The van der Waals surface area contributed by atoms with Gasteiger partial charge in [0.25, 0.3) is 0 Å². The molecule has 0 saturated carbocycles. The zero-order valence-electron chi connectivity index (χ0n) is 10.5. The van der Waals surface area contributed by atoms with Gasteiger partial charge in [0.05, 0.1) is 0 Å². The van der Waals surface area contributed by atoms with Gasteiger partial charge in [-0.15, -0.1) is 0 Å². The standard InChI is InChI=1S/C15H12FIN2O/c16-9-5-6-10(11(17)7-9)12(18)8-15-19-13-3-1-2-4-14(13)20-15/h1-7,12H,8,18H2. The van der Waals surface area contributed by atoms with E-state index in [1.807, 2.05) is 24.3 Å². The monoisotopic (exact) mass is 382 g/mol. The molecule has 3 nitrogen and oxygen atoms in total. The second-order valence-electron chi connectivity index (χ2n) is 4.55. The van der Waals surface area contributed by atoms with Gasteiger partial charge in [-0.05, 0) is 52.4 Å². The Morgan fingerprint density at radius 2 is 2.05 bits per heavy atom. The third-order valence-corrected chi connectivity index (χ3v) is 4.03. The van der Waals surface area contributed by atoms with Crippen molar-refractivity contribution in [1.29, 1.82) is 0 Å². The van der Waals surface area contributed by atoms with Crippen LogP contribution in [0.2, 0.25) is 0 Å². The molecule has 0 amide bonds. The van der Waals surface area contributed by atoms with Crippen LogP contribution >= 0.6 is 22.6 Å². The number of hydrogen-bond acceptors (Lipinski definition) is 3. The summed E-state index contributed by atoms with van der Waals surface area (Å²) in [6, 6.07) is 11.9. The number of benzene rings is 2. The van der Waals surface area contributed by atoms with Crippen molar-refractivity contribution in [2.24, 2.45) is 5.73 Å². The van der Waals surface area contributed by atoms with Crippen LogP contribution in [0.5, 0.6) is 0 Å². The molecule has 3 aromatic rings. The fraction of sp³-hybridized carbons (Fsp3) is 0.133. The Kier molecular flexibility index (Phi) is 3.71. The quantitative estimate of drug-likeness (QED) is 0.701. The number of oxazole rings is 1. The van der Waals surface area contributed by atoms with Gasteiger partial charge >= 0.3 is 0 Å². The average Bonchev–Trinajstić information content (AvgIpc) is 2.80. The Morgan fingerprint density at radius 1 is 1.25 bits per heavy atom. The van der Waals surface area contributed by atoms with Crippen LogP contribution in [0.15, 0.2) is 46.9 Å². The molecule has 20 heavy (non-hydrogen) atoms. The van der Waals surface area contributed by atoms with E-state index in [1.54, 1.807) is 6.07 Å². The minimum atomic E-state index is -0.268. The molecule has 5 heteroatoms. The number of fused-ring (bicyclic) bond motifs is 1. The van der Waals surface area contributed by atoms with Crippen molar-refractivity contribution in [3.05, 3.63) is 63.3 Å². The highest BCUT2D eigenvalue weighted by Gasteiger charge is 2.15. The van der Waals surface area contributed by atoms with E-state index >= 15 is 0 Å². The molecule has 1 unspecified atom stereocenters. The van der Waals surface area contributed by atoms with E-state index in [0.29, 0.717) is 12.3 Å². The first-order chi connectivity index (χ1) is 9.63. The van der Waals surface area contributed by atoms with Gasteiger partial charge in [-0.25, -0.2) is 9.37 Å². The molecule has 3 rings (SSSR count). The summed E-state index contributed by atoms with van der Waals surface area (Å²) in [5, 5.41) is 0. The number of nitrogens with zero attached hydrogens (tertiary/aromatic N) is 1. The summed E-state index contributed by atoms with van der Waals surface area (Å²) in [4.78, 5) is 4.40. The van der Waals surface area contributed by atoms with Crippen LogP contribution in [-0.4, -0.2) is 4.98 Å². The lowest BCUT2D eigenvalue weighted by atomic mass is 10.0. The molecule has 0 aliphatic carbocycles. The SMILES string of the molecule is NC(Cc1nc2ccccc2o1)c1ccc(F)cc1I. The average molecular weight is 382 g/mol. The molecule has 0 aliphatic heterocycles. The predicted octanol–water partition coefficient (Wildman–Crippen LogP) is 3.81. The van der Waals surface area contributed by atoms with E-state index < -0.39 is 0 Å². The number of hydrogen-bond donors (Lipinski definition) is 1. The first kappa shape index (κ1) is 13.5. The highest BCUT2D eigenvalue weighted by Crippen LogP contribution is 2.24. The van der Waals surface area contributed by atoms with Gasteiger partial charge in [0, 0.05) is 16.0 Å². The van der Waals surface area contributed by atoms with Crippen molar-refractivity contribution < 1.29 is 8.81 Å². The van der Waals surface area contributed by atoms with Crippen LogP contribution in [-0.2, 0) is 6.42 Å². The molecular weight excluding hydrogens is 370 g/mol. The molecule has 0 bridgehead atoms. The number of nitrogens with two attached hydrogens (primary N) is 1. The van der Waals surface area contributed by atoms with Gasteiger partial charge in [0.15, 0.2) is 11.5 Å². The van der Waals surface area contributed by atoms with Gasteiger partial charge < -0.3 is 10.2 Å². The fourth-order valence-corrected chi connectivity index (χ4v) is 2.98. The number of halogens is 2. The third-order valence-electron chi connectivity index (χ3n) is 3.09. The van der Waals surface area contributed by atoms with Crippen molar-refractivity contribution >= 4 is 33.7 Å². The van der Waals surface area contributed by atoms with Crippen molar-refractivity contribution in [3.8, 4) is 0 Å². The Morgan fingerprint density at radius 3 is 2.80 bits per heavy atom. The Bertz CT molecular complexity index is 723. The number of rotatable bonds is 3. The van der Waals surface area contributed by atoms with Crippen LogP contribution in [0.3, 0.4) is 0 Å². The topological polar surface area (TPSA) is 52.0 Å². The predicted molar refractivity (Wildman–Crippen MR) is 83.8 cm³/mol. The summed E-state index contributed by atoms with van der Waals surface area (Å²) in [6.45, 7) is 0. The molecule has 0 saturated heterocycles. The minimum Gasteiger partial charge on any atom is -0.441 e. The second kappa shape index (κ2) is 5.49. The zero-order chi connectivity index (χ0) is 14.1. The summed E-state index contributed by atoms with van der Waals surface area (Å²) in [5.41, 5.74) is 8.65. The Balaban J connectivity index is 1.86. The van der Waals surface area contributed by atoms with E-state index in [1.165, 1.54) is 12.1 Å². The summed E-state index contributed by atoms with van der Waals surface area (Å²) >= 11 is 2.09. The second-order valence-corrected chi connectivity index (χ2v) is 5.71. The molecule has 0 radical (unpaired) electrons. The van der Waals surface area contributed by atoms with E-state index in [0.717, 1.165) is 20.2 Å². The summed E-state index contributed by atoms with van der Waals surface area (Å²) in [6.07, 6.45) is 0.482. The Hall–Kier alpha value is -1.47. The van der Waals surface area contributed by atoms with Crippen LogP contribution in [0.1, 0.15) is 17.5 Å². The lowest BCUT2D eigenvalue weighted by Crippen LogP contribution is -2.15. The van der Waals surface area contributed by atoms with Gasteiger partial charge in [-0.2, -0.15) is 0 Å². The molecule has 0 fully saturated rings. The minimum absolute atomic E-state index is 0.257. The first-order valence-electron chi connectivity index (χ1n) is 6.18. The highest BCUT2D eigenvalue weighted by atomic mass is 127. The molecule has 2 aromatic carbocycles. The molecular formula is C15H12FIN2O. The van der Waals surface area contributed by atoms with E-state index in [-0.39, 0.29) is 11.9 Å². The smallest absolute Gasteiger partial charge is 0.197 e. The van der Waals surface area contributed by atoms with Crippen LogP contribution < -0.4 is 5.73 Å². The first-order valence-corrected chi connectivity index (χ1v) is 7.26. The highest BCUT2D eigenvalue weighted by molar-refractivity contribution is 14.1. The molecule has 0 spiro atoms. The van der Waals surface area contributed by atoms with Crippen LogP contribution in [0.4, 0.5) is 4.39 Å². The molecule has 1 atom stereocenters. The Labute approximate surface area is 129 Å². The van der Waals surface area contributed by atoms with Crippen molar-refractivity contribution in [1.82, 2.24) is 4.98 Å². The number of aromatic nitrogens is 1. The lowest BCUT2D eigenvalue weighted by molar-refractivity contribution is 0.501. The lowest BCUT2D eigenvalue weighted by Gasteiger charge is -2.11. The van der Waals surface area contributed by atoms with Crippen LogP contribution in [0.25, 0.3) is 11.1 Å². The normalized spacial score (nSPS) is 12.8. The van der Waals surface area contributed by atoms with Gasteiger partial charge in [0.2, 0.25) is 0 Å².